The van der Waals surface area contributed by atoms with Gasteiger partial charge in [0.05, 0.1) is 30.8 Å². The lowest BCUT2D eigenvalue weighted by atomic mass is 10.1. The fourth-order valence-corrected chi connectivity index (χ4v) is 3.30. The fraction of sp³-hybridized carbons (Fsp3) is 0.125. The van der Waals surface area contributed by atoms with Crippen LogP contribution in [0.15, 0.2) is 77.9 Å². The Labute approximate surface area is 178 Å². The Morgan fingerprint density at radius 3 is 2.55 bits per heavy atom. The number of nitrogens with zero attached hydrogens (tertiary/aromatic N) is 2. The lowest BCUT2D eigenvalue weighted by Gasteiger charge is -2.13. The number of ether oxygens (including phenoxy) is 2. The van der Waals surface area contributed by atoms with Gasteiger partial charge < -0.3 is 14.8 Å². The first-order valence-corrected chi connectivity index (χ1v) is 9.66. The lowest BCUT2D eigenvalue weighted by Crippen LogP contribution is -2.23. The topological polar surface area (TPSA) is 82.4 Å². The van der Waals surface area contributed by atoms with Crippen molar-refractivity contribution in [3.05, 3.63) is 94.5 Å². The summed E-state index contributed by atoms with van der Waals surface area (Å²) in [5.41, 5.74) is 2.13. The van der Waals surface area contributed by atoms with E-state index in [1.54, 1.807) is 43.5 Å². The van der Waals surface area contributed by atoms with E-state index in [1.165, 1.54) is 18.0 Å². The quantitative estimate of drug-likeness (QED) is 0.522. The molecule has 0 unspecified atom stereocenters. The van der Waals surface area contributed by atoms with Crippen LogP contribution in [0.5, 0.6) is 11.5 Å². The molecule has 4 aromatic rings. The van der Waals surface area contributed by atoms with Gasteiger partial charge in [0, 0.05) is 18.2 Å². The predicted octanol–water partition coefficient (Wildman–Crippen LogP) is 3.33. The molecule has 31 heavy (non-hydrogen) atoms. The van der Waals surface area contributed by atoms with E-state index in [9.17, 15) is 9.59 Å². The maximum absolute atomic E-state index is 13.1. The molecule has 7 heteroatoms. The van der Waals surface area contributed by atoms with E-state index >= 15 is 0 Å². The van der Waals surface area contributed by atoms with Gasteiger partial charge in [-0.05, 0) is 35.9 Å². The van der Waals surface area contributed by atoms with E-state index in [0.29, 0.717) is 40.2 Å². The van der Waals surface area contributed by atoms with Gasteiger partial charge in [0.1, 0.15) is 17.8 Å². The minimum Gasteiger partial charge on any atom is -0.497 e. The molecule has 0 spiro atoms. The smallest absolute Gasteiger partial charge is 0.265 e. The molecule has 3 aromatic carbocycles. The van der Waals surface area contributed by atoms with E-state index in [-0.39, 0.29) is 11.5 Å². The van der Waals surface area contributed by atoms with Gasteiger partial charge >= 0.3 is 0 Å². The van der Waals surface area contributed by atoms with Crippen molar-refractivity contribution in [3.8, 4) is 17.2 Å². The molecule has 0 saturated heterocycles. The highest BCUT2D eigenvalue weighted by Gasteiger charge is 2.13. The Hall–Kier alpha value is -4.13. The van der Waals surface area contributed by atoms with Crippen molar-refractivity contribution in [2.75, 3.05) is 14.2 Å². The molecule has 0 bridgehead atoms. The van der Waals surface area contributed by atoms with Crippen molar-refractivity contribution in [3.63, 3.8) is 0 Å². The van der Waals surface area contributed by atoms with Crippen molar-refractivity contribution in [2.45, 2.75) is 6.54 Å². The standard InChI is InChI=1S/C24H21N3O4/c1-30-18-9-11-22(31-2)21(13-18)27-15-26-20-12-17(8-10-19(20)24(27)29)23(28)25-14-16-6-4-3-5-7-16/h3-13,15H,14H2,1-2H3,(H,25,28). The monoisotopic (exact) mass is 415 g/mol. The van der Waals surface area contributed by atoms with Crippen molar-refractivity contribution in [1.82, 2.24) is 14.9 Å². The molecule has 1 heterocycles. The molecule has 0 saturated carbocycles. The summed E-state index contributed by atoms with van der Waals surface area (Å²) in [6, 6.07) is 19.7. The number of nitrogens with one attached hydrogen (secondary N) is 1. The lowest BCUT2D eigenvalue weighted by molar-refractivity contribution is 0.0951. The van der Waals surface area contributed by atoms with Crippen LogP contribution in [0.4, 0.5) is 0 Å². The first kappa shape index (κ1) is 20.2. The molecular formula is C24H21N3O4. The maximum atomic E-state index is 13.1. The van der Waals surface area contributed by atoms with Crippen molar-refractivity contribution in [2.24, 2.45) is 0 Å². The van der Waals surface area contributed by atoms with E-state index in [0.717, 1.165) is 5.56 Å². The van der Waals surface area contributed by atoms with Crippen LogP contribution in [0.2, 0.25) is 0 Å². The molecule has 0 aliphatic rings. The van der Waals surface area contributed by atoms with Gasteiger partial charge in [-0.15, -0.1) is 0 Å². The molecule has 7 nitrogen and oxygen atoms in total. The summed E-state index contributed by atoms with van der Waals surface area (Å²) in [5.74, 6) is 0.875. The third kappa shape index (κ3) is 4.11. The molecule has 4 rings (SSSR count). The number of methoxy groups -OCH3 is 2. The SMILES string of the molecule is COc1ccc(OC)c(-n2cnc3cc(C(=O)NCc4ccccc4)ccc3c2=O)c1. The number of hydrogen-bond acceptors (Lipinski definition) is 5. The Morgan fingerprint density at radius 1 is 1.00 bits per heavy atom. The molecule has 156 valence electrons. The van der Waals surface area contributed by atoms with Crippen LogP contribution < -0.4 is 20.3 Å². The summed E-state index contributed by atoms with van der Waals surface area (Å²) in [6.07, 6.45) is 1.42. The van der Waals surface area contributed by atoms with E-state index in [2.05, 4.69) is 10.3 Å². The zero-order chi connectivity index (χ0) is 21.8. The molecule has 1 amide bonds. The van der Waals surface area contributed by atoms with Gasteiger partial charge in [-0.3, -0.25) is 14.2 Å². The average molecular weight is 415 g/mol. The summed E-state index contributed by atoms with van der Waals surface area (Å²) in [4.78, 5) is 30.0. The number of fused-ring (bicyclic) bond motifs is 1. The number of rotatable bonds is 6. The van der Waals surface area contributed by atoms with Gasteiger partial charge in [-0.2, -0.15) is 0 Å². The fourth-order valence-electron chi connectivity index (χ4n) is 3.30. The van der Waals surface area contributed by atoms with Crippen LogP contribution in [0.1, 0.15) is 15.9 Å². The number of hydrogen-bond donors (Lipinski definition) is 1. The zero-order valence-corrected chi connectivity index (χ0v) is 17.2. The Morgan fingerprint density at radius 2 is 1.81 bits per heavy atom. The maximum Gasteiger partial charge on any atom is 0.265 e. The number of benzene rings is 3. The Kier molecular flexibility index (Phi) is 5.66. The zero-order valence-electron chi connectivity index (χ0n) is 17.2. The Balaban J connectivity index is 1.66. The van der Waals surface area contributed by atoms with Crippen molar-refractivity contribution in [1.29, 1.82) is 0 Å². The first-order valence-electron chi connectivity index (χ1n) is 9.66. The van der Waals surface area contributed by atoms with Gasteiger partial charge in [0.25, 0.3) is 11.5 Å². The second-order valence-corrected chi connectivity index (χ2v) is 6.86. The van der Waals surface area contributed by atoms with Crippen molar-refractivity contribution < 1.29 is 14.3 Å². The number of amides is 1. The minimum atomic E-state index is -0.271. The molecule has 0 aliphatic heterocycles. The largest absolute Gasteiger partial charge is 0.497 e. The van der Waals surface area contributed by atoms with Crippen LogP contribution in [0, 0.1) is 0 Å². The van der Waals surface area contributed by atoms with Gasteiger partial charge in [-0.1, -0.05) is 30.3 Å². The molecule has 1 aromatic heterocycles. The highest BCUT2D eigenvalue weighted by Crippen LogP contribution is 2.26. The van der Waals surface area contributed by atoms with Crippen LogP contribution in [0.3, 0.4) is 0 Å². The molecule has 0 fully saturated rings. The highest BCUT2D eigenvalue weighted by atomic mass is 16.5. The van der Waals surface area contributed by atoms with Crippen LogP contribution in [0.25, 0.3) is 16.6 Å². The normalized spacial score (nSPS) is 10.6. The Bertz CT molecular complexity index is 1300. The van der Waals surface area contributed by atoms with E-state index < -0.39 is 0 Å². The van der Waals surface area contributed by atoms with Gasteiger partial charge in [0.2, 0.25) is 0 Å². The minimum absolute atomic E-state index is 0.230. The van der Waals surface area contributed by atoms with Crippen LogP contribution >= 0.6 is 0 Å². The van der Waals surface area contributed by atoms with E-state index in [1.807, 2.05) is 30.3 Å². The summed E-state index contributed by atoms with van der Waals surface area (Å²) >= 11 is 0. The summed E-state index contributed by atoms with van der Waals surface area (Å²) < 4.78 is 12.1. The number of carbonyl (C=O) groups is 1. The molecule has 1 N–H and O–H groups in total. The molecule has 0 aliphatic carbocycles. The second kappa shape index (κ2) is 8.71. The average Bonchev–Trinajstić information content (AvgIpc) is 2.82. The highest BCUT2D eigenvalue weighted by molar-refractivity contribution is 5.97. The van der Waals surface area contributed by atoms with Gasteiger partial charge in [0.15, 0.2) is 0 Å². The molecule has 0 atom stereocenters. The summed E-state index contributed by atoms with van der Waals surface area (Å²) in [7, 11) is 3.09. The molecule has 0 radical (unpaired) electrons. The van der Waals surface area contributed by atoms with Crippen LogP contribution in [-0.4, -0.2) is 29.7 Å². The first-order chi connectivity index (χ1) is 15.1. The van der Waals surface area contributed by atoms with E-state index in [4.69, 9.17) is 9.47 Å². The summed E-state index contributed by atoms with van der Waals surface area (Å²) in [6.45, 7) is 0.419. The third-order valence-corrected chi connectivity index (χ3v) is 4.96. The number of carbonyl (C=O) groups excluding carboxylic acids is 1. The van der Waals surface area contributed by atoms with Gasteiger partial charge in [-0.25, -0.2) is 4.98 Å². The van der Waals surface area contributed by atoms with Crippen LogP contribution in [-0.2, 0) is 6.54 Å². The third-order valence-electron chi connectivity index (χ3n) is 4.96. The second-order valence-electron chi connectivity index (χ2n) is 6.86. The predicted molar refractivity (Wildman–Crippen MR) is 118 cm³/mol. The summed E-state index contributed by atoms with van der Waals surface area (Å²) in [5, 5.41) is 3.27. The number of aromatic nitrogens is 2. The molecular weight excluding hydrogens is 394 g/mol. The van der Waals surface area contributed by atoms with Crippen molar-refractivity contribution >= 4 is 16.8 Å².